The molecule has 0 fully saturated rings. The molecule has 0 heterocycles. The van der Waals surface area contributed by atoms with Crippen molar-refractivity contribution in [3.05, 3.63) is 54.6 Å². The van der Waals surface area contributed by atoms with Crippen molar-refractivity contribution in [1.82, 2.24) is 5.43 Å². The van der Waals surface area contributed by atoms with E-state index in [4.69, 9.17) is 10.6 Å². The Morgan fingerprint density at radius 3 is 2.89 bits per heavy atom. The Morgan fingerprint density at radius 2 is 2.22 bits per heavy atom. The van der Waals surface area contributed by atoms with Gasteiger partial charge in [0, 0.05) is 6.04 Å². The predicted octanol–water partition coefficient (Wildman–Crippen LogP) is 2.41. The van der Waals surface area contributed by atoms with Crippen LogP contribution in [0.4, 0.5) is 0 Å². The van der Waals surface area contributed by atoms with Crippen molar-refractivity contribution in [2.45, 2.75) is 12.5 Å². The molecule has 0 spiro atoms. The third-order valence-electron chi connectivity index (χ3n) is 3.12. The van der Waals surface area contributed by atoms with Crippen LogP contribution in [0.3, 0.4) is 0 Å². The number of methoxy groups -OCH3 is 1. The van der Waals surface area contributed by atoms with Crippen molar-refractivity contribution in [3.8, 4) is 5.75 Å². The van der Waals surface area contributed by atoms with Crippen LogP contribution in [-0.4, -0.2) is 13.2 Å². The molecule has 18 heavy (non-hydrogen) atoms. The molecule has 2 aromatic rings. The molecule has 0 aliphatic carbocycles. The van der Waals surface area contributed by atoms with Crippen LogP contribution in [0.5, 0.6) is 5.75 Å². The number of hydrogen-bond acceptors (Lipinski definition) is 3. The van der Waals surface area contributed by atoms with Gasteiger partial charge in [0.25, 0.3) is 0 Å². The first-order valence-corrected chi connectivity index (χ1v) is 5.93. The molecule has 0 aliphatic rings. The second-order valence-electron chi connectivity index (χ2n) is 4.22. The van der Waals surface area contributed by atoms with Gasteiger partial charge in [0.1, 0.15) is 5.75 Å². The number of fused-ring (bicyclic) bond motifs is 1. The summed E-state index contributed by atoms with van der Waals surface area (Å²) >= 11 is 0. The molecule has 2 aromatic carbocycles. The summed E-state index contributed by atoms with van der Waals surface area (Å²) in [5.41, 5.74) is 3.97. The van der Waals surface area contributed by atoms with E-state index in [9.17, 15) is 0 Å². The Kier molecular flexibility index (Phi) is 3.97. The summed E-state index contributed by atoms with van der Waals surface area (Å²) in [6.07, 6.45) is 2.63. The van der Waals surface area contributed by atoms with Gasteiger partial charge < -0.3 is 4.74 Å². The molecule has 3 heteroatoms. The minimum atomic E-state index is 0.0711. The van der Waals surface area contributed by atoms with Crippen molar-refractivity contribution in [2.24, 2.45) is 5.84 Å². The second kappa shape index (κ2) is 5.67. The number of nitrogens with one attached hydrogen (secondary N) is 1. The first-order chi connectivity index (χ1) is 8.78. The number of rotatable bonds is 5. The Bertz CT molecular complexity index is 551. The van der Waals surface area contributed by atoms with Gasteiger partial charge in [0.05, 0.1) is 7.11 Å². The van der Waals surface area contributed by atoms with Crippen LogP contribution < -0.4 is 16.0 Å². The molecule has 3 nitrogen and oxygen atoms in total. The summed E-state index contributed by atoms with van der Waals surface area (Å²) in [5.74, 6) is 6.35. The SMILES string of the molecule is C=CC(Cc1cccc2ccc(OC)cc12)NN. The van der Waals surface area contributed by atoms with E-state index in [2.05, 4.69) is 42.3 Å². The first-order valence-electron chi connectivity index (χ1n) is 5.93. The highest BCUT2D eigenvalue weighted by atomic mass is 16.5. The van der Waals surface area contributed by atoms with Crippen molar-refractivity contribution < 1.29 is 4.74 Å². The molecule has 0 aliphatic heterocycles. The van der Waals surface area contributed by atoms with Crippen LogP contribution in [-0.2, 0) is 6.42 Å². The largest absolute Gasteiger partial charge is 0.497 e. The number of benzene rings is 2. The van der Waals surface area contributed by atoms with Gasteiger partial charge in [0.15, 0.2) is 0 Å². The average molecular weight is 242 g/mol. The van der Waals surface area contributed by atoms with E-state index < -0.39 is 0 Å². The number of ether oxygens (including phenoxy) is 1. The summed E-state index contributed by atoms with van der Waals surface area (Å²) < 4.78 is 5.27. The van der Waals surface area contributed by atoms with E-state index in [0.717, 1.165) is 12.2 Å². The van der Waals surface area contributed by atoms with Crippen molar-refractivity contribution in [1.29, 1.82) is 0 Å². The highest BCUT2D eigenvalue weighted by Gasteiger charge is 2.07. The molecule has 0 saturated carbocycles. The molecule has 94 valence electrons. The fraction of sp³-hybridized carbons (Fsp3) is 0.200. The topological polar surface area (TPSA) is 47.3 Å². The second-order valence-corrected chi connectivity index (χ2v) is 4.22. The fourth-order valence-corrected chi connectivity index (χ4v) is 2.07. The van der Waals surface area contributed by atoms with Gasteiger partial charge in [-0.15, -0.1) is 6.58 Å². The fourth-order valence-electron chi connectivity index (χ4n) is 2.07. The minimum absolute atomic E-state index is 0.0711. The minimum Gasteiger partial charge on any atom is -0.497 e. The Hall–Kier alpha value is -1.84. The van der Waals surface area contributed by atoms with Gasteiger partial charge in [-0.2, -0.15) is 0 Å². The highest BCUT2D eigenvalue weighted by molar-refractivity contribution is 5.87. The lowest BCUT2D eigenvalue weighted by Crippen LogP contribution is -2.34. The maximum Gasteiger partial charge on any atom is 0.119 e. The summed E-state index contributed by atoms with van der Waals surface area (Å²) in [6.45, 7) is 3.77. The quantitative estimate of drug-likeness (QED) is 0.481. The summed E-state index contributed by atoms with van der Waals surface area (Å²) in [4.78, 5) is 0. The van der Waals surface area contributed by atoms with E-state index >= 15 is 0 Å². The van der Waals surface area contributed by atoms with Crippen LogP contribution in [0.15, 0.2) is 49.1 Å². The molecule has 0 aromatic heterocycles. The molecular weight excluding hydrogens is 224 g/mol. The van der Waals surface area contributed by atoms with E-state index in [-0.39, 0.29) is 6.04 Å². The van der Waals surface area contributed by atoms with Crippen molar-refractivity contribution in [2.75, 3.05) is 7.11 Å². The summed E-state index contributed by atoms with van der Waals surface area (Å²) in [6, 6.07) is 12.4. The lowest BCUT2D eigenvalue weighted by Gasteiger charge is -2.13. The standard InChI is InChI=1S/C15H18N2O/c1-3-13(17-16)9-12-6-4-5-11-7-8-14(18-2)10-15(11)12/h3-8,10,13,17H,1,9,16H2,2H3. The van der Waals surface area contributed by atoms with Crippen LogP contribution in [0.25, 0.3) is 10.8 Å². The lowest BCUT2D eigenvalue weighted by molar-refractivity contribution is 0.415. The molecule has 1 atom stereocenters. The zero-order chi connectivity index (χ0) is 13.0. The zero-order valence-electron chi connectivity index (χ0n) is 10.5. The Morgan fingerprint density at radius 1 is 1.39 bits per heavy atom. The molecule has 0 radical (unpaired) electrons. The molecular formula is C15H18N2O. The maximum absolute atomic E-state index is 5.49. The van der Waals surface area contributed by atoms with Crippen LogP contribution >= 0.6 is 0 Å². The van der Waals surface area contributed by atoms with Crippen molar-refractivity contribution >= 4 is 10.8 Å². The van der Waals surface area contributed by atoms with Gasteiger partial charge in [-0.3, -0.25) is 11.3 Å². The predicted molar refractivity (Wildman–Crippen MR) is 75.5 cm³/mol. The molecule has 1 unspecified atom stereocenters. The van der Waals surface area contributed by atoms with Crippen molar-refractivity contribution in [3.63, 3.8) is 0 Å². The van der Waals surface area contributed by atoms with Crippen LogP contribution in [0.2, 0.25) is 0 Å². The summed E-state index contributed by atoms with van der Waals surface area (Å²) in [5, 5.41) is 2.40. The lowest BCUT2D eigenvalue weighted by atomic mass is 9.99. The van der Waals surface area contributed by atoms with Crippen LogP contribution in [0, 0.1) is 0 Å². The van der Waals surface area contributed by atoms with Crippen LogP contribution in [0.1, 0.15) is 5.56 Å². The molecule has 0 saturated heterocycles. The van der Waals surface area contributed by atoms with E-state index in [1.54, 1.807) is 7.11 Å². The zero-order valence-corrected chi connectivity index (χ0v) is 10.5. The van der Waals surface area contributed by atoms with E-state index in [1.165, 1.54) is 16.3 Å². The smallest absolute Gasteiger partial charge is 0.119 e. The molecule has 0 bridgehead atoms. The highest BCUT2D eigenvalue weighted by Crippen LogP contribution is 2.24. The Labute approximate surface area is 107 Å². The van der Waals surface area contributed by atoms with Gasteiger partial charge in [-0.25, -0.2) is 0 Å². The van der Waals surface area contributed by atoms with Gasteiger partial charge >= 0.3 is 0 Å². The molecule has 2 rings (SSSR count). The Balaban J connectivity index is 2.45. The normalized spacial score (nSPS) is 12.3. The monoisotopic (exact) mass is 242 g/mol. The molecule has 0 amide bonds. The van der Waals surface area contributed by atoms with Gasteiger partial charge in [-0.1, -0.05) is 30.3 Å². The third kappa shape index (κ3) is 2.53. The van der Waals surface area contributed by atoms with Gasteiger partial charge in [0.2, 0.25) is 0 Å². The average Bonchev–Trinajstić information content (AvgIpc) is 2.44. The maximum atomic E-state index is 5.49. The third-order valence-corrected chi connectivity index (χ3v) is 3.12. The number of hydrazine groups is 1. The van der Waals surface area contributed by atoms with E-state index in [1.807, 2.05) is 12.1 Å². The number of hydrogen-bond donors (Lipinski definition) is 2. The number of nitrogens with two attached hydrogens (primary N) is 1. The summed E-state index contributed by atoms with van der Waals surface area (Å²) in [7, 11) is 1.68. The van der Waals surface area contributed by atoms with Gasteiger partial charge in [-0.05, 0) is 34.9 Å². The first kappa shape index (κ1) is 12.6. The molecule has 3 N–H and O–H groups in total. The van der Waals surface area contributed by atoms with E-state index in [0.29, 0.717) is 0 Å².